The number of hydrogen-bond donors (Lipinski definition) is 2. The van der Waals surface area contributed by atoms with Crippen LogP contribution in [0.25, 0.3) is 0 Å². The maximum absolute atomic E-state index is 14.2. The smallest absolute Gasteiger partial charge is 0.230 e. The van der Waals surface area contributed by atoms with E-state index in [4.69, 9.17) is 0 Å². The van der Waals surface area contributed by atoms with E-state index in [2.05, 4.69) is 77.8 Å². The molecule has 2 N–H and O–H groups in total. The van der Waals surface area contributed by atoms with Crippen LogP contribution in [0.3, 0.4) is 0 Å². The molecule has 1 heterocycles. The summed E-state index contributed by atoms with van der Waals surface area (Å²) in [5.74, 6) is 0.980. The molecular weight excluding hydrogens is 492 g/mol. The number of nitrogens with zero attached hydrogens (tertiary/aromatic N) is 1. The standard InChI is InChI=1S/C36H44N2O2/c1-27-26-38(21-11-14-28-12-4-2-5-13-28)32-23-31(24-36(27,25-32)30-17-10-18-33(39)22-30)37-34(40)35(19-8-9-20-35)29-15-6-3-7-16-29/h2-7,10,12-13,15-18,22,27,31-32,39H,8-9,11,14,19-21,23-26H2,1H3,(H,37,40)/t27?,31-,32?,36?/m0/s1. The zero-order valence-corrected chi connectivity index (χ0v) is 23.9. The van der Waals surface area contributed by atoms with Crippen LogP contribution in [0.2, 0.25) is 0 Å². The number of phenols is 1. The summed E-state index contributed by atoms with van der Waals surface area (Å²) in [5.41, 5.74) is 3.34. The van der Waals surface area contributed by atoms with Crippen LogP contribution in [0.5, 0.6) is 5.75 Å². The number of carbonyl (C=O) groups excluding carboxylic acids is 1. The molecule has 0 aromatic heterocycles. The molecule has 1 amide bonds. The quantitative estimate of drug-likeness (QED) is 0.334. The highest BCUT2D eigenvalue weighted by Gasteiger charge is 2.52. The molecule has 3 fully saturated rings. The molecule has 0 radical (unpaired) electrons. The molecule has 3 aromatic rings. The van der Waals surface area contributed by atoms with E-state index in [1.807, 2.05) is 18.2 Å². The van der Waals surface area contributed by atoms with Gasteiger partial charge in [0.1, 0.15) is 5.75 Å². The number of carbonyl (C=O) groups is 1. The first kappa shape index (κ1) is 27.1. The van der Waals surface area contributed by atoms with Gasteiger partial charge in [0.05, 0.1) is 5.41 Å². The van der Waals surface area contributed by atoms with Crippen molar-refractivity contribution in [3.8, 4) is 5.75 Å². The molecular formula is C36H44N2O2. The van der Waals surface area contributed by atoms with E-state index in [-0.39, 0.29) is 17.4 Å². The number of hydrogen-bond acceptors (Lipinski definition) is 3. The number of likely N-dealkylation sites (tertiary alicyclic amines) is 1. The molecule has 1 aliphatic heterocycles. The Morgan fingerprint density at radius 1 is 0.925 bits per heavy atom. The van der Waals surface area contributed by atoms with Gasteiger partial charge < -0.3 is 10.4 Å². The maximum Gasteiger partial charge on any atom is 0.230 e. The Hall–Kier alpha value is -3.11. The molecule has 2 saturated carbocycles. The maximum atomic E-state index is 14.2. The zero-order valence-electron chi connectivity index (χ0n) is 23.9. The summed E-state index contributed by atoms with van der Waals surface area (Å²) >= 11 is 0. The Balaban J connectivity index is 1.25. The van der Waals surface area contributed by atoms with Crippen molar-refractivity contribution in [3.63, 3.8) is 0 Å². The molecule has 3 unspecified atom stereocenters. The second-order valence-electron chi connectivity index (χ2n) is 12.8. The summed E-state index contributed by atoms with van der Waals surface area (Å²) in [6, 6.07) is 29.7. The highest BCUT2D eigenvalue weighted by Crippen LogP contribution is 2.51. The predicted molar refractivity (Wildman–Crippen MR) is 161 cm³/mol. The van der Waals surface area contributed by atoms with E-state index in [0.717, 1.165) is 70.9 Å². The first-order valence-corrected chi connectivity index (χ1v) is 15.4. The summed E-state index contributed by atoms with van der Waals surface area (Å²) < 4.78 is 0. The van der Waals surface area contributed by atoms with Gasteiger partial charge >= 0.3 is 0 Å². The second kappa shape index (κ2) is 11.4. The summed E-state index contributed by atoms with van der Waals surface area (Å²) in [6.07, 6.45) is 9.31. The van der Waals surface area contributed by atoms with Crippen molar-refractivity contribution >= 4 is 5.91 Å². The highest BCUT2D eigenvalue weighted by molar-refractivity contribution is 5.88. The average molecular weight is 537 g/mol. The Labute approximate surface area is 239 Å². The Morgan fingerprint density at radius 3 is 2.35 bits per heavy atom. The van der Waals surface area contributed by atoms with E-state index in [9.17, 15) is 9.90 Å². The molecule has 2 bridgehead atoms. The minimum absolute atomic E-state index is 0.0505. The van der Waals surface area contributed by atoms with Crippen LogP contribution in [-0.4, -0.2) is 41.1 Å². The second-order valence-corrected chi connectivity index (χ2v) is 12.8. The lowest BCUT2D eigenvalue weighted by Crippen LogP contribution is -2.62. The lowest BCUT2D eigenvalue weighted by Gasteiger charge is -2.57. The van der Waals surface area contributed by atoms with Gasteiger partial charge in [0.2, 0.25) is 5.91 Å². The Morgan fingerprint density at radius 2 is 1.62 bits per heavy atom. The van der Waals surface area contributed by atoms with Gasteiger partial charge in [-0.25, -0.2) is 0 Å². The van der Waals surface area contributed by atoms with Crippen molar-refractivity contribution < 1.29 is 9.90 Å². The van der Waals surface area contributed by atoms with Crippen LogP contribution >= 0.6 is 0 Å². The van der Waals surface area contributed by atoms with Crippen molar-refractivity contribution in [2.24, 2.45) is 5.92 Å². The van der Waals surface area contributed by atoms with Gasteiger partial charge in [0.15, 0.2) is 0 Å². The molecule has 6 rings (SSSR count). The van der Waals surface area contributed by atoms with Crippen molar-refractivity contribution in [3.05, 3.63) is 102 Å². The van der Waals surface area contributed by atoms with Crippen LogP contribution in [-0.2, 0) is 22.0 Å². The fourth-order valence-corrected chi connectivity index (χ4v) is 8.35. The molecule has 2 aliphatic carbocycles. The number of benzene rings is 3. The van der Waals surface area contributed by atoms with Gasteiger partial charge in [-0.2, -0.15) is 0 Å². The lowest BCUT2D eigenvalue weighted by molar-refractivity contribution is -0.128. The van der Waals surface area contributed by atoms with Crippen LogP contribution in [0.4, 0.5) is 0 Å². The van der Waals surface area contributed by atoms with Crippen LogP contribution in [0.15, 0.2) is 84.9 Å². The van der Waals surface area contributed by atoms with Crippen LogP contribution < -0.4 is 5.32 Å². The molecule has 4 heteroatoms. The first-order valence-electron chi connectivity index (χ1n) is 15.4. The van der Waals surface area contributed by atoms with E-state index in [1.165, 1.54) is 16.7 Å². The number of amides is 1. The van der Waals surface area contributed by atoms with Gasteiger partial charge in [-0.3, -0.25) is 9.69 Å². The number of piperidine rings is 1. The molecule has 210 valence electrons. The summed E-state index contributed by atoms with van der Waals surface area (Å²) in [7, 11) is 0. The fourth-order valence-electron chi connectivity index (χ4n) is 8.35. The van der Waals surface area contributed by atoms with E-state index < -0.39 is 5.41 Å². The SMILES string of the molecule is CC1CN(CCCc2ccccc2)C2C[C@H](NC(=O)C3(c4ccccc4)CCCC3)CC1(c1cccc(O)c1)C2. The number of rotatable bonds is 8. The minimum Gasteiger partial charge on any atom is -0.508 e. The lowest BCUT2D eigenvalue weighted by atomic mass is 9.57. The topological polar surface area (TPSA) is 52.6 Å². The van der Waals surface area contributed by atoms with Gasteiger partial charge in [-0.15, -0.1) is 0 Å². The van der Waals surface area contributed by atoms with E-state index >= 15 is 0 Å². The highest BCUT2D eigenvalue weighted by atomic mass is 16.3. The molecule has 3 aliphatic rings. The largest absolute Gasteiger partial charge is 0.508 e. The third-order valence-electron chi connectivity index (χ3n) is 10.5. The monoisotopic (exact) mass is 536 g/mol. The third-order valence-corrected chi connectivity index (χ3v) is 10.5. The third kappa shape index (κ3) is 5.19. The van der Waals surface area contributed by atoms with Gasteiger partial charge in [-0.1, -0.05) is 92.6 Å². The molecule has 1 saturated heterocycles. The number of nitrogens with one attached hydrogen (secondary N) is 1. The molecule has 4 atom stereocenters. The molecule has 4 nitrogen and oxygen atoms in total. The number of aromatic hydroxyl groups is 1. The summed E-state index contributed by atoms with van der Waals surface area (Å²) in [6.45, 7) is 4.52. The van der Waals surface area contributed by atoms with Crippen molar-refractivity contribution in [1.29, 1.82) is 0 Å². The molecule has 40 heavy (non-hydrogen) atoms. The minimum atomic E-state index is -0.410. The summed E-state index contributed by atoms with van der Waals surface area (Å²) in [4.78, 5) is 16.9. The predicted octanol–water partition coefficient (Wildman–Crippen LogP) is 6.76. The van der Waals surface area contributed by atoms with Crippen LogP contribution in [0, 0.1) is 5.92 Å². The average Bonchev–Trinajstić information content (AvgIpc) is 3.48. The van der Waals surface area contributed by atoms with E-state index in [1.54, 1.807) is 6.07 Å². The molecule has 3 aromatic carbocycles. The first-order chi connectivity index (χ1) is 19.5. The van der Waals surface area contributed by atoms with Crippen molar-refractivity contribution in [1.82, 2.24) is 10.2 Å². The zero-order chi connectivity index (χ0) is 27.6. The van der Waals surface area contributed by atoms with Crippen molar-refractivity contribution in [2.45, 2.75) is 87.6 Å². The van der Waals surface area contributed by atoms with Gasteiger partial charge in [-0.05, 0) is 86.2 Å². The number of phenolic OH excluding ortho intramolecular Hbond substituents is 1. The number of fused-ring (bicyclic) bond motifs is 2. The number of aryl methyl sites for hydroxylation is 1. The van der Waals surface area contributed by atoms with Gasteiger partial charge in [0.25, 0.3) is 0 Å². The Bertz CT molecular complexity index is 1290. The fraction of sp³-hybridized carbons (Fsp3) is 0.472. The summed E-state index contributed by atoms with van der Waals surface area (Å²) in [5, 5.41) is 14.1. The van der Waals surface area contributed by atoms with Crippen molar-refractivity contribution in [2.75, 3.05) is 13.1 Å². The molecule has 0 spiro atoms. The van der Waals surface area contributed by atoms with E-state index in [0.29, 0.717) is 17.7 Å². The normalized spacial score (nSPS) is 27.8. The van der Waals surface area contributed by atoms with Gasteiger partial charge in [0, 0.05) is 24.0 Å². The Kier molecular flexibility index (Phi) is 7.72. The van der Waals surface area contributed by atoms with Crippen LogP contribution in [0.1, 0.15) is 75.0 Å².